The summed E-state index contributed by atoms with van der Waals surface area (Å²) in [5.74, 6) is -0.407. The van der Waals surface area contributed by atoms with Crippen molar-refractivity contribution in [2.75, 3.05) is 6.54 Å². The number of carbonyl (C=O) groups excluding carboxylic acids is 1. The van der Waals surface area contributed by atoms with Gasteiger partial charge in [0.15, 0.2) is 0 Å². The lowest BCUT2D eigenvalue weighted by Gasteiger charge is -2.20. The van der Waals surface area contributed by atoms with Crippen molar-refractivity contribution in [2.24, 2.45) is 0 Å². The minimum absolute atomic E-state index is 0.150. The van der Waals surface area contributed by atoms with Crippen LogP contribution in [0, 0.1) is 0 Å². The lowest BCUT2D eigenvalue weighted by atomic mass is 10.2. The van der Waals surface area contributed by atoms with Crippen LogP contribution in [0.3, 0.4) is 0 Å². The number of furan rings is 1. The van der Waals surface area contributed by atoms with Crippen molar-refractivity contribution >= 4 is 11.9 Å². The van der Waals surface area contributed by atoms with E-state index in [-0.39, 0.29) is 18.7 Å². The van der Waals surface area contributed by atoms with Crippen molar-refractivity contribution in [1.29, 1.82) is 0 Å². The van der Waals surface area contributed by atoms with Crippen molar-refractivity contribution in [1.82, 2.24) is 15.0 Å². The van der Waals surface area contributed by atoms with Crippen LogP contribution in [0.1, 0.15) is 25.2 Å². The molecule has 1 fully saturated rings. The van der Waals surface area contributed by atoms with Gasteiger partial charge in [0, 0.05) is 19.4 Å². The van der Waals surface area contributed by atoms with Gasteiger partial charge in [0.05, 0.1) is 11.8 Å². The first-order chi connectivity index (χ1) is 10.6. The minimum atomic E-state index is -0.953. The summed E-state index contributed by atoms with van der Waals surface area (Å²) in [5, 5.41) is 12.9. The number of carbonyl (C=O) groups is 2. The molecule has 0 spiro atoms. The zero-order valence-electron chi connectivity index (χ0n) is 11.8. The number of nitrogens with zero attached hydrogens (tertiary/aromatic N) is 3. The average molecular weight is 305 g/mol. The second-order valence-corrected chi connectivity index (χ2v) is 5.11. The molecule has 0 bridgehead atoms. The van der Waals surface area contributed by atoms with E-state index in [0.717, 1.165) is 0 Å². The summed E-state index contributed by atoms with van der Waals surface area (Å²) in [6.07, 6.45) is 4.67. The monoisotopic (exact) mass is 305 g/mol. The fourth-order valence-electron chi connectivity index (χ4n) is 2.54. The van der Waals surface area contributed by atoms with Gasteiger partial charge in [0.2, 0.25) is 17.6 Å². The highest BCUT2D eigenvalue weighted by Crippen LogP contribution is 2.20. The zero-order valence-corrected chi connectivity index (χ0v) is 11.8. The first kappa shape index (κ1) is 14.3. The molecule has 0 aliphatic carbocycles. The van der Waals surface area contributed by atoms with Crippen molar-refractivity contribution in [2.45, 2.75) is 31.7 Å². The summed E-state index contributed by atoms with van der Waals surface area (Å²) in [5.41, 5.74) is 0.701. The third-order valence-electron chi connectivity index (χ3n) is 3.66. The van der Waals surface area contributed by atoms with E-state index < -0.39 is 12.0 Å². The number of amides is 1. The molecular weight excluding hydrogens is 290 g/mol. The number of hydrogen-bond acceptors (Lipinski definition) is 6. The van der Waals surface area contributed by atoms with Crippen LogP contribution in [0.25, 0.3) is 11.4 Å². The third-order valence-corrected chi connectivity index (χ3v) is 3.66. The van der Waals surface area contributed by atoms with Gasteiger partial charge in [-0.3, -0.25) is 4.79 Å². The van der Waals surface area contributed by atoms with Gasteiger partial charge in [-0.2, -0.15) is 4.98 Å². The molecule has 1 N–H and O–H groups in total. The number of aromatic nitrogens is 2. The minimum Gasteiger partial charge on any atom is -0.480 e. The molecule has 1 aliphatic rings. The number of aryl methyl sites for hydroxylation is 1. The Morgan fingerprint density at radius 1 is 1.45 bits per heavy atom. The summed E-state index contributed by atoms with van der Waals surface area (Å²) in [4.78, 5) is 28.8. The third kappa shape index (κ3) is 2.85. The molecule has 116 valence electrons. The second kappa shape index (κ2) is 6.00. The highest BCUT2D eigenvalue weighted by Gasteiger charge is 2.33. The Hall–Kier alpha value is -2.64. The summed E-state index contributed by atoms with van der Waals surface area (Å²) >= 11 is 0. The molecule has 8 nitrogen and oxygen atoms in total. The molecule has 0 aromatic carbocycles. The Morgan fingerprint density at radius 2 is 2.32 bits per heavy atom. The van der Waals surface area contributed by atoms with Crippen LogP contribution in [0.2, 0.25) is 0 Å². The molecule has 3 heterocycles. The lowest BCUT2D eigenvalue weighted by Crippen LogP contribution is -2.40. The lowest BCUT2D eigenvalue weighted by molar-refractivity contribution is -0.148. The zero-order chi connectivity index (χ0) is 15.5. The maximum atomic E-state index is 12.1. The summed E-state index contributed by atoms with van der Waals surface area (Å²) < 4.78 is 10.0. The second-order valence-electron chi connectivity index (χ2n) is 5.11. The molecule has 0 radical (unpaired) electrons. The standard InChI is InChI=1S/C14H15N3O5/c18-12(17-6-1-2-10(17)14(19)20)4-3-11-15-13(16-22-11)9-5-7-21-8-9/h5,7-8,10H,1-4,6H2,(H,19,20)/t10-/m1/s1. The van der Waals surface area contributed by atoms with Crippen LogP contribution in [-0.2, 0) is 16.0 Å². The molecule has 1 amide bonds. The van der Waals surface area contributed by atoms with Crippen LogP contribution in [0.5, 0.6) is 0 Å². The molecular formula is C14H15N3O5. The van der Waals surface area contributed by atoms with Gasteiger partial charge < -0.3 is 18.9 Å². The van der Waals surface area contributed by atoms with E-state index in [9.17, 15) is 9.59 Å². The molecule has 1 aliphatic heterocycles. The van der Waals surface area contributed by atoms with Gasteiger partial charge in [-0.25, -0.2) is 4.79 Å². The number of likely N-dealkylation sites (tertiary alicyclic amines) is 1. The van der Waals surface area contributed by atoms with Crippen LogP contribution in [-0.4, -0.2) is 44.6 Å². The van der Waals surface area contributed by atoms with E-state index in [0.29, 0.717) is 36.7 Å². The highest BCUT2D eigenvalue weighted by atomic mass is 16.5. The first-order valence-corrected chi connectivity index (χ1v) is 7.02. The average Bonchev–Trinajstić information content (AvgIpc) is 3.23. The van der Waals surface area contributed by atoms with E-state index in [2.05, 4.69) is 10.1 Å². The largest absolute Gasteiger partial charge is 0.480 e. The Morgan fingerprint density at radius 3 is 3.05 bits per heavy atom. The molecule has 22 heavy (non-hydrogen) atoms. The number of rotatable bonds is 5. The maximum Gasteiger partial charge on any atom is 0.326 e. The quantitative estimate of drug-likeness (QED) is 0.887. The Labute approximate surface area is 125 Å². The fourth-order valence-corrected chi connectivity index (χ4v) is 2.54. The summed E-state index contributed by atoms with van der Waals surface area (Å²) in [7, 11) is 0. The van der Waals surface area contributed by atoms with Crippen molar-refractivity contribution in [3.8, 4) is 11.4 Å². The molecule has 0 unspecified atom stereocenters. The summed E-state index contributed by atoms with van der Waals surface area (Å²) in [6, 6.07) is 0.998. The van der Waals surface area contributed by atoms with Gasteiger partial charge in [0.25, 0.3) is 0 Å². The number of hydrogen-bond donors (Lipinski definition) is 1. The Kier molecular flexibility index (Phi) is 3.90. The van der Waals surface area contributed by atoms with Gasteiger partial charge in [0.1, 0.15) is 12.3 Å². The first-order valence-electron chi connectivity index (χ1n) is 7.02. The van der Waals surface area contributed by atoms with Gasteiger partial charge in [-0.05, 0) is 18.9 Å². The van der Waals surface area contributed by atoms with E-state index in [1.54, 1.807) is 6.07 Å². The van der Waals surface area contributed by atoms with Crippen molar-refractivity contribution in [3.63, 3.8) is 0 Å². The van der Waals surface area contributed by atoms with Crippen LogP contribution >= 0.6 is 0 Å². The number of aliphatic carboxylic acids is 1. The van der Waals surface area contributed by atoms with Gasteiger partial charge in [-0.1, -0.05) is 5.16 Å². The molecule has 0 saturated carbocycles. The predicted molar refractivity (Wildman–Crippen MR) is 72.7 cm³/mol. The van der Waals surface area contributed by atoms with E-state index >= 15 is 0 Å². The number of carboxylic acid groups (broad SMARTS) is 1. The predicted octanol–water partition coefficient (Wildman–Crippen LogP) is 1.34. The van der Waals surface area contributed by atoms with Crippen LogP contribution in [0.15, 0.2) is 27.5 Å². The molecule has 3 rings (SSSR count). The molecule has 8 heteroatoms. The van der Waals surface area contributed by atoms with Gasteiger partial charge in [-0.15, -0.1) is 0 Å². The smallest absolute Gasteiger partial charge is 0.326 e. The Balaban J connectivity index is 1.58. The number of carboxylic acids is 1. The molecule has 1 atom stereocenters. The molecule has 2 aromatic heterocycles. The highest BCUT2D eigenvalue weighted by molar-refractivity contribution is 5.84. The van der Waals surface area contributed by atoms with Crippen LogP contribution in [0.4, 0.5) is 0 Å². The molecule has 2 aromatic rings. The van der Waals surface area contributed by atoms with Crippen molar-refractivity contribution < 1.29 is 23.6 Å². The molecule has 1 saturated heterocycles. The van der Waals surface area contributed by atoms with E-state index in [1.165, 1.54) is 17.4 Å². The maximum absolute atomic E-state index is 12.1. The van der Waals surface area contributed by atoms with E-state index in [1.807, 2.05) is 0 Å². The van der Waals surface area contributed by atoms with Crippen molar-refractivity contribution in [3.05, 3.63) is 24.5 Å². The Bertz CT molecular complexity index is 664. The van der Waals surface area contributed by atoms with Gasteiger partial charge >= 0.3 is 5.97 Å². The van der Waals surface area contributed by atoms with E-state index in [4.69, 9.17) is 14.0 Å². The normalized spacial score (nSPS) is 17.8. The summed E-state index contributed by atoms with van der Waals surface area (Å²) in [6.45, 7) is 0.486. The topological polar surface area (TPSA) is 110 Å². The fraction of sp³-hybridized carbons (Fsp3) is 0.429. The van der Waals surface area contributed by atoms with Crippen LogP contribution < -0.4 is 0 Å². The SMILES string of the molecule is O=C(O)[C@H]1CCCN1C(=O)CCc1nc(-c2ccoc2)no1.